The second-order valence-electron chi connectivity index (χ2n) is 4.72. The first-order chi connectivity index (χ1) is 9.83. The van der Waals surface area contributed by atoms with E-state index in [4.69, 9.17) is 9.84 Å². The summed E-state index contributed by atoms with van der Waals surface area (Å²) in [6.45, 7) is 2.86. The Hall–Kier alpha value is -1.88. The minimum Gasteiger partial charge on any atom is -0.494 e. The summed E-state index contributed by atoms with van der Waals surface area (Å²) in [4.78, 5) is 0. The van der Waals surface area contributed by atoms with Crippen LogP contribution >= 0.6 is 0 Å². The Labute approximate surface area is 119 Å². The van der Waals surface area contributed by atoms with Gasteiger partial charge in [0, 0.05) is 0 Å². The van der Waals surface area contributed by atoms with Gasteiger partial charge in [0.25, 0.3) is 0 Å². The quantitative estimate of drug-likeness (QED) is 0.752. The molecule has 0 aliphatic heterocycles. The molecule has 0 atom stereocenters. The molecule has 0 aliphatic rings. The van der Waals surface area contributed by atoms with Crippen LogP contribution in [-0.4, -0.2) is 26.7 Å². The van der Waals surface area contributed by atoms with Gasteiger partial charge in [0.1, 0.15) is 11.4 Å². The van der Waals surface area contributed by atoms with E-state index in [-0.39, 0.29) is 6.61 Å². The first kappa shape index (κ1) is 14.5. The molecule has 0 radical (unpaired) electrons. The largest absolute Gasteiger partial charge is 0.494 e. The van der Waals surface area contributed by atoms with E-state index in [9.17, 15) is 0 Å². The molecule has 1 aromatic carbocycles. The van der Waals surface area contributed by atoms with Gasteiger partial charge in [-0.1, -0.05) is 31.4 Å². The maximum absolute atomic E-state index is 8.96. The highest BCUT2D eigenvalue weighted by atomic mass is 16.5. The number of aliphatic hydroxyl groups is 1. The molecular weight excluding hydrogens is 254 g/mol. The average Bonchev–Trinajstić information content (AvgIpc) is 2.97. The first-order valence-corrected chi connectivity index (χ1v) is 7.09. The van der Waals surface area contributed by atoms with Crippen molar-refractivity contribution < 1.29 is 9.84 Å². The van der Waals surface area contributed by atoms with Gasteiger partial charge < -0.3 is 9.84 Å². The fourth-order valence-corrected chi connectivity index (χ4v) is 1.91. The lowest BCUT2D eigenvalue weighted by molar-refractivity contribution is 0.276. The number of rotatable bonds is 8. The minimum absolute atomic E-state index is 0.0983. The van der Waals surface area contributed by atoms with Gasteiger partial charge in [-0.2, -0.15) is 0 Å². The molecule has 1 N–H and O–H groups in total. The van der Waals surface area contributed by atoms with Gasteiger partial charge in [-0.15, -0.1) is 5.10 Å². The third-order valence-electron chi connectivity index (χ3n) is 3.07. The van der Waals surface area contributed by atoms with Gasteiger partial charge in [-0.25, -0.2) is 4.68 Å². The highest BCUT2D eigenvalue weighted by molar-refractivity contribution is 5.36. The molecule has 0 bridgehead atoms. The molecule has 0 fully saturated rings. The van der Waals surface area contributed by atoms with Gasteiger partial charge in [0.2, 0.25) is 0 Å². The molecule has 1 heterocycles. The third-order valence-corrected chi connectivity index (χ3v) is 3.07. The molecule has 0 aliphatic carbocycles. The maximum atomic E-state index is 8.96. The standard InChI is InChI=1S/C15H21N3O2/c1-2-3-4-5-10-20-15-8-6-14(7-9-15)18-11-13(12-19)16-17-18/h6-9,11,19H,2-5,10,12H2,1H3. The predicted molar refractivity (Wildman–Crippen MR) is 76.9 cm³/mol. The van der Waals surface area contributed by atoms with E-state index in [0.717, 1.165) is 24.5 Å². The van der Waals surface area contributed by atoms with Crippen LogP contribution in [0.1, 0.15) is 38.3 Å². The lowest BCUT2D eigenvalue weighted by atomic mass is 10.2. The van der Waals surface area contributed by atoms with E-state index >= 15 is 0 Å². The van der Waals surface area contributed by atoms with E-state index in [1.165, 1.54) is 19.3 Å². The second-order valence-corrected chi connectivity index (χ2v) is 4.72. The number of unbranched alkanes of at least 4 members (excludes halogenated alkanes) is 3. The van der Waals surface area contributed by atoms with Crippen LogP contribution in [0.15, 0.2) is 30.5 Å². The number of hydrogen-bond acceptors (Lipinski definition) is 4. The Morgan fingerprint density at radius 3 is 2.60 bits per heavy atom. The Kier molecular flexibility index (Phi) is 5.55. The fourth-order valence-electron chi connectivity index (χ4n) is 1.91. The van der Waals surface area contributed by atoms with E-state index in [1.807, 2.05) is 24.3 Å². The number of hydrogen-bond donors (Lipinski definition) is 1. The molecule has 108 valence electrons. The van der Waals surface area contributed by atoms with Crippen LogP contribution in [0.25, 0.3) is 5.69 Å². The molecule has 5 nitrogen and oxygen atoms in total. The molecule has 0 unspecified atom stereocenters. The summed E-state index contributed by atoms with van der Waals surface area (Å²) in [6, 6.07) is 7.71. The topological polar surface area (TPSA) is 60.2 Å². The summed E-state index contributed by atoms with van der Waals surface area (Å²) in [6.07, 6.45) is 6.53. The van der Waals surface area contributed by atoms with Crippen LogP contribution < -0.4 is 4.74 Å². The lowest BCUT2D eigenvalue weighted by Gasteiger charge is -2.06. The molecule has 2 aromatic rings. The zero-order chi connectivity index (χ0) is 14.2. The normalized spacial score (nSPS) is 10.7. The number of aliphatic hydroxyl groups excluding tert-OH is 1. The summed E-state index contributed by atoms with van der Waals surface area (Å²) < 4.78 is 7.32. The van der Waals surface area contributed by atoms with E-state index < -0.39 is 0 Å². The van der Waals surface area contributed by atoms with Gasteiger partial charge in [0.05, 0.1) is 25.1 Å². The van der Waals surface area contributed by atoms with Crippen molar-refractivity contribution in [2.24, 2.45) is 0 Å². The predicted octanol–water partition coefficient (Wildman–Crippen LogP) is 2.72. The minimum atomic E-state index is -0.0983. The monoisotopic (exact) mass is 275 g/mol. The first-order valence-electron chi connectivity index (χ1n) is 7.09. The van der Waals surface area contributed by atoms with Gasteiger partial charge in [0.15, 0.2) is 0 Å². The number of benzene rings is 1. The zero-order valence-corrected chi connectivity index (χ0v) is 11.8. The van der Waals surface area contributed by atoms with Gasteiger partial charge in [-0.3, -0.25) is 0 Å². The molecule has 5 heteroatoms. The summed E-state index contributed by atoms with van der Waals surface area (Å²) in [5.41, 5.74) is 1.46. The Morgan fingerprint density at radius 2 is 1.95 bits per heavy atom. The molecule has 0 saturated carbocycles. The molecule has 1 aromatic heterocycles. The molecule has 0 saturated heterocycles. The van der Waals surface area contributed by atoms with Gasteiger partial charge in [-0.05, 0) is 30.7 Å². The highest BCUT2D eigenvalue weighted by Crippen LogP contribution is 2.15. The van der Waals surface area contributed by atoms with Gasteiger partial charge >= 0.3 is 0 Å². The Bertz CT molecular complexity index is 508. The van der Waals surface area contributed by atoms with Crippen LogP contribution in [0.3, 0.4) is 0 Å². The highest BCUT2D eigenvalue weighted by Gasteiger charge is 2.02. The van der Waals surface area contributed by atoms with Crippen molar-refractivity contribution >= 4 is 0 Å². The summed E-state index contributed by atoms with van der Waals surface area (Å²) >= 11 is 0. The molecular formula is C15H21N3O2. The fraction of sp³-hybridized carbons (Fsp3) is 0.467. The van der Waals surface area contributed by atoms with Crippen molar-refractivity contribution in [1.82, 2.24) is 15.0 Å². The number of ether oxygens (including phenoxy) is 1. The van der Waals surface area contributed by atoms with Crippen molar-refractivity contribution in [2.45, 2.75) is 39.2 Å². The third kappa shape index (κ3) is 4.06. The molecule has 2 rings (SSSR count). The van der Waals surface area contributed by atoms with Crippen molar-refractivity contribution in [3.63, 3.8) is 0 Å². The molecule has 20 heavy (non-hydrogen) atoms. The SMILES string of the molecule is CCCCCCOc1ccc(-n2cc(CO)nn2)cc1. The van der Waals surface area contributed by atoms with Crippen LogP contribution in [0.4, 0.5) is 0 Å². The van der Waals surface area contributed by atoms with Crippen LogP contribution in [-0.2, 0) is 6.61 Å². The van der Waals surface area contributed by atoms with Crippen LogP contribution in [0.2, 0.25) is 0 Å². The van der Waals surface area contributed by atoms with Crippen molar-refractivity contribution in [3.8, 4) is 11.4 Å². The zero-order valence-electron chi connectivity index (χ0n) is 11.8. The van der Waals surface area contributed by atoms with Crippen molar-refractivity contribution in [1.29, 1.82) is 0 Å². The summed E-state index contributed by atoms with van der Waals surface area (Å²) in [5.74, 6) is 0.868. The molecule has 0 amide bonds. The summed E-state index contributed by atoms with van der Waals surface area (Å²) in [7, 11) is 0. The van der Waals surface area contributed by atoms with E-state index in [2.05, 4.69) is 17.2 Å². The lowest BCUT2D eigenvalue weighted by Crippen LogP contribution is -1.98. The van der Waals surface area contributed by atoms with E-state index in [0.29, 0.717) is 5.69 Å². The molecule has 0 spiro atoms. The smallest absolute Gasteiger partial charge is 0.119 e. The maximum Gasteiger partial charge on any atom is 0.119 e. The van der Waals surface area contributed by atoms with E-state index in [1.54, 1.807) is 10.9 Å². The number of aromatic nitrogens is 3. The Balaban J connectivity index is 1.86. The Morgan fingerprint density at radius 1 is 1.15 bits per heavy atom. The van der Waals surface area contributed by atoms with Crippen LogP contribution in [0.5, 0.6) is 5.75 Å². The second kappa shape index (κ2) is 7.65. The average molecular weight is 275 g/mol. The van der Waals surface area contributed by atoms with Crippen molar-refractivity contribution in [3.05, 3.63) is 36.2 Å². The summed E-state index contributed by atoms with van der Waals surface area (Å²) in [5, 5.41) is 16.8. The number of nitrogens with zero attached hydrogens (tertiary/aromatic N) is 3. The van der Waals surface area contributed by atoms with Crippen LogP contribution in [0, 0.1) is 0 Å². The van der Waals surface area contributed by atoms with Crippen molar-refractivity contribution in [2.75, 3.05) is 6.61 Å².